The van der Waals surface area contributed by atoms with E-state index in [4.69, 9.17) is 11.6 Å². The molecule has 1 aromatic rings. The monoisotopic (exact) mass is 1390 g/mol. The van der Waals surface area contributed by atoms with Crippen LogP contribution in [0.3, 0.4) is 0 Å². The van der Waals surface area contributed by atoms with Crippen molar-refractivity contribution in [2.45, 2.75) is 231 Å². The molecule has 0 aromatic heterocycles. The SMILES string of the molecule is CC[C@H](C)[C@@H]1NC(=O)[C@H](CC(C)C)N(C)C(=O)C[C@@H](C(=O)N2CCCCC2)N(C)C(=O)[C@H](C(C)C)N(C)C(=O)[C@@H](C)NC(=O)[C@@H]2CCCN2C(=O)[C@H](CCc2ccc(C(F)(F)F)c(Cl)c2)NC(=O)CN(C)C(=O)[C@H](CC2CCCCC2)N(C)C(=O)[C@@H]2CCN2C(=O)[C@H](C)N(C)C1=O. The van der Waals surface area contributed by atoms with Crippen LogP contribution >= 0.6 is 11.6 Å². The molecule has 0 unspecified atom stereocenters. The molecule has 1 saturated carbocycles. The molecular formula is C69H106ClF3N12O12. The summed E-state index contributed by atoms with van der Waals surface area (Å²) >= 11 is 6.12. The van der Waals surface area contributed by atoms with E-state index in [2.05, 4.69) is 16.0 Å². The molecular weight excluding hydrogens is 1280 g/mol. The highest BCUT2D eigenvalue weighted by molar-refractivity contribution is 6.31. The lowest BCUT2D eigenvalue weighted by Gasteiger charge is -2.45. The minimum atomic E-state index is -4.76. The Morgan fingerprint density at radius 3 is 1.82 bits per heavy atom. The van der Waals surface area contributed by atoms with Crippen molar-refractivity contribution in [1.29, 1.82) is 0 Å². The van der Waals surface area contributed by atoms with Gasteiger partial charge in [-0.2, -0.15) is 13.2 Å². The van der Waals surface area contributed by atoms with Crippen molar-refractivity contribution in [2.75, 3.05) is 75.0 Å². The molecule has 24 nitrogen and oxygen atoms in total. The number of likely N-dealkylation sites (tertiary alicyclic amines) is 1. The summed E-state index contributed by atoms with van der Waals surface area (Å²) in [5.74, 6) is -9.18. The van der Waals surface area contributed by atoms with E-state index in [1.807, 2.05) is 20.8 Å². The normalized spacial score (nSPS) is 27.8. The molecule has 0 bridgehead atoms. The minimum Gasteiger partial charge on any atom is -0.343 e. The van der Waals surface area contributed by atoms with Gasteiger partial charge < -0.3 is 60.0 Å². The molecule has 12 amide bonds. The van der Waals surface area contributed by atoms with Gasteiger partial charge in [-0.25, -0.2) is 0 Å². The largest absolute Gasteiger partial charge is 0.417 e. The van der Waals surface area contributed by atoms with Crippen LogP contribution in [0.25, 0.3) is 0 Å². The lowest BCUT2D eigenvalue weighted by molar-refractivity contribution is -0.160. The van der Waals surface area contributed by atoms with E-state index in [1.54, 1.807) is 25.7 Å². The van der Waals surface area contributed by atoms with Crippen molar-refractivity contribution in [1.82, 2.24) is 60.0 Å². The summed E-state index contributed by atoms with van der Waals surface area (Å²) < 4.78 is 41.4. The number of aryl methyl sites for hydroxylation is 1. The molecule has 4 heterocycles. The first-order valence-electron chi connectivity index (χ1n) is 34.7. The highest BCUT2D eigenvalue weighted by atomic mass is 35.5. The number of nitrogens with zero attached hydrogens (tertiary/aromatic N) is 9. The fraction of sp³-hybridized carbons (Fsp3) is 0.739. The summed E-state index contributed by atoms with van der Waals surface area (Å²) in [5.41, 5.74) is -0.785. The molecule has 0 spiro atoms. The third kappa shape index (κ3) is 19.4. The van der Waals surface area contributed by atoms with Crippen LogP contribution in [0.2, 0.25) is 5.02 Å². The molecule has 4 saturated heterocycles. The smallest absolute Gasteiger partial charge is 0.343 e. The van der Waals surface area contributed by atoms with Crippen LogP contribution < -0.4 is 16.0 Å². The number of likely N-dealkylation sites (N-methyl/N-ethyl adjacent to an activating group) is 6. The number of piperidine rings is 1. The van der Waals surface area contributed by atoms with E-state index in [9.17, 15) is 65.9 Å². The molecule has 5 fully saturated rings. The summed E-state index contributed by atoms with van der Waals surface area (Å²) in [5, 5.41) is 7.79. The zero-order valence-corrected chi connectivity index (χ0v) is 60.1. The Balaban J connectivity index is 1.40. The van der Waals surface area contributed by atoms with Crippen LogP contribution in [0, 0.1) is 23.7 Å². The number of amides is 12. The standard InChI is InChI=1S/C69H106ClF3N12O12/c1-15-42(6)57-67(96)78(10)44(8)62(91)85-34-30-51(85)65(94)80(12)53(37-45-23-18-16-19-24-45)64(93)77(9)39-55(86)75-49(29-27-46-26-28-47(48(70)36-46)69(71,72)73)63(92)84-33-22-25-50(84)59(88)74-43(7)61(90)82(14)58(41(4)5)68(97)81(13)54(66(95)83-31-20-17-21-32-83)38-56(87)79(11)52(35-40(2)3)60(89)76-57/h26,28,36,40-45,49-54,57-58H,15-25,27,29-35,37-39H2,1-14H3,(H,74,88)(H,75,86)(H,76,89)/t42-,43+,44-,49-,50-,51-,52-,53-,54-,57-,58-/m0/s1. The molecule has 4 aliphatic heterocycles. The van der Waals surface area contributed by atoms with E-state index >= 15 is 4.79 Å². The van der Waals surface area contributed by atoms with Gasteiger partial charge in [0.1, 0.15) is 60.4 Å². The van der Waals surface area contributed by atoms with Crippen molar-refractivity contribution < 1.29 is 70.7 Å². The van der Waals surface area contributed by atoms with Crippen molar-refractivity contribution in [3.05, 3.63) is 34.3 Å². The number of benzene rings is 1. The Kier molecular flexibility index (Phi) is 28.2. The molecule has 28 heteroatoms. The third-order valence-corrected chi connectivity index (χ3v) is 21.0. The second kappa shape index (κ2) is 34.6. The van der Waals surface area contributed by atoms with E-state index in [0.29, 0.717) is 44.3 Å². The van der Waals surface area contributed by atoms with Gasteiger partial charge in [0.2, 0.25) is 70.9 Å². The van der Waals surface area contributed by atoms with E-state index < -0.39 is 173 Å². The third-order valence-electron chi connectivity index (χ3n) is 20.7. The van der Waals surface area contributed by atoms with E-state index in [-0.39, 0.29) is 63.5 Å². The average molecular weight is 1390 g/mol. The quantitative estimate of drug-likeness (QED) is 0.261. The molecule has 5 aliphatic rings. The van der Waals surface area contributed by atoms with Gasteiger partial charge in [-0.1, -0.05) is 97.7 Å². The first-order chi connectivity index (χ1) is 45.5. The molecule has 1 aliphatic carbocycles. The van der Waals surface area contributed by atoms with Crippen molar-refractivity contribution in [3.63, 3.8) is 0 Å². The molecule has 0 radical (unpaired) electrons. The second-order valence-electron chi connectivity index (χ2n) is 28.5. The zero-order chi connectivity index (χ0) is 72.2. The van der Waals surface area contributed by atoms with Gasteiger partial charge in [-0.3, -0.25) is 57.5 Å². The molecule has 1 aromatic carbocycles. The number of nitrogens with one attached hydrogen (secondary N) is 3. The van der Waals surface area contributed by atoms with Crippen LogP contribution in [0.4, 0.5) is 13.2 Å². The molecule has 97 heavy (non-hydrogen) atoms. The first kappa shape index (κ1) is 78.9. The van der Waals surface area contributed by atoms with Gasteiger partial charge in [0.05, 0.1) is 23.6 Å². The van der Waals surface area contributed by atoms with Gasteiger partial charge >= 0.3 is 6.18 Å². The van der Waals surface area contributed by atoms with Crippen LogP contribution in [0.5, 0.6) is 0 Å². The van der Waals surface area contributed by atoms with Gasteiger partial charge in [0.25, 0.3) is 0 Å². The number of carbonyl (C=O) groups is 12. The first-order valence-corrected chi connectivity index (χ1v) is 35.1. The minimum absolute atomic E-state index is 0.0210. The van der Waals surface area contributed by atoms with E-state index in [1.165, 1.54) is 86.7 Å². The Morgan fingerprint density at radius 2 is 1.25 bits per heavy atom. The summed E-state index contributed by atoms with van der Waals surface area (Å²) in [6.07, 6.45) is 2.36. The number of halogens is 4. The Hall–Kier alpha value is -7.06. The summed E-state index contributed by atoms with van der Waals surface area (Å²) in [6, 6.07) is -9.22. The number of rotatable bonds is 11. The predicted molar refractivity (Wildman–Crippen MR) is 357 cm³/mol. The Bertz CT molecular complexity index is 3040. The zero-order valence-electron chi connectivity index (χ0n) is 59.3. The number of fused-ring (bicyclic) bond motifs is 2. The summed E-state index contributed by atoms with van der Waals surface area (Å²) in [4.78, 5) is 189. The molecule has 542 valence electrons. The topological polar surface area (TPSA) is 270 Å². The molecule has 6 rings (SSSR count). The maximum absolute atomic E-state index is 15.1. The highest BCUT2D eigenvalue weighted by Crippen LogP contribution is 2.36. The fourth-order valence-electron chi connectivity index (χ4n) is 14.2. The Morgan fingerprint density at radius 1 is 0.619 bits per heavy atom. The van der Waals surface area contributed by atoms with Gasteiger partial charge in [-0.15, -0.1) is 0 Å². The number of alkyl halides is 3. The highest BCUT2D eigenvalue weighted by Gasteiger charge is 2.48. The second-order valence-corrected chi connectivity index (χ2v) is 28.9. The lowest BCUT2D eigenvalue weighted by atomic mass is 9.84. The number of hydrogen-bond acceptors (Lipinski definition) is 12. The van der Waals surface area contributed by atoms with Crippen molar-refractivity contribution in [3.8, 4) is 0 Å². The summed E-state index contributed by atoms with van der Waals surface area (Å²) in [7, 11) is 8.46. The maximum Gasteiger partial charge on any atom is 0.417 e. The average Bonchev–Trinajstić information content (AvgIpc) is 1.21. The number of carbonyl (C=O) groups excluding carboxylic acids is 12. The van der Waals surface area contributed by atoms with Crippen LogP contribution in [0.15, 0.2) is 18.2 Å². The Labute approximate surface area is 575 Å². The van der Waals surface area contributed by atoms with Gasteiger partial charge in [-0.05, 0) is 119 Å². The van der Waals surface area contributed by atoms with Gasteiger partial charge in [0, 0.05) is 68.5 Å². The van der Waals surface area contributed by atoms with E-state index in [0.717, 1.165) is 65.4 Å². The summed E-state index contributed by atoms with van der Waals surface area (Å²) in [6.45, 7) is 13.9. The van der Waals surface area contributed by atoms with Crippen LogP contribution in [0.1, 0.15) is 169 Å². The number of hydrogen-bond donors (Lipinski definition) is 3. The fourth-order valence-corrected chi connectivity index (χ4v) is 14.5. The predicted octanol–water partition coefficient (Wildman–Crippen LogP) is 5.11. The van der Waals surface area contributed by atoms with Crippen LogP contribution in [-0.4, -0.2) is 250 Å². The molecule has 3 N–H and O–H groups in total. The maximum atomic E-state index is 15.1. The molecule has 11 atom stereocenters. The van der Waals surface area contributed by atoms with Crippen molar-refractivity contribution >= 4 is 82.5 Å². The van der Waals surface area contributed by atoms with Crippen LogP contribution in [-0.2, 0) is 70.1 Å². The van der Waals surface area contributed by atoms with Crippen molar-refractivity contribution in [2.24, 2.45) is 23.7 Å². The van der Waals surface area contributed by atoms with Gasteiger partial charge in [0.15, 0.2) is 0 Å². The lowest BCUT2D eigenvalue weighted by Crippen LogP contribution is -2.65.